The third kappa shape index (κ3) is 6.10. The standard InChI is InChI=1S/C17H25N3O3/c1-6-23-17(22)13(4)14(5)19-20-16(21)10-18-15-8-7-11(2)9-12(15)3/h7-9,13,18H,6,10H2,1-5H3,(H,20,21). The van der Waals surface area contributed by atoms with Gasteiger partial charge < -0.3 is 10.1 Å². The molecule has 0 spiro atoms. The van der Waals surface area contributed by atoms with Crippen LogP contribution in [-0.2, 0) is 14.3 Å². The molecule has 0 saturated carbocycles. The van der Waals surface area contributed by atoms with Gasteiger partial charge in [0, 0.05) is 11.4 Å². The normalized spacial score (nSPS) is 12.5. The molecule has 2 N–H and O–H groups in total. The molecule has 126 valence electrons. The lowest BCUT2D eigenvalue weighted by molar-refractivity contribution is -0.145. The first-order valence-corrected chi connectivity index (χ1v) is 7.66. The fourth-order valence-electron chi connectivity index (χ4n) is 1.91. The van der Waals surface area contributed by atoms with Crippen LogP contribution in [0, 0.1) is 19.8 Å². The average molecular weight is 319 g/mol. The molecule has 6 nitrogen and oxygen atoms in total. The van der Waals surface area contributed by atoms with Crippen molar-refractivity contribution in [1.29, 1.82) is 0 Å². The molecule has 1 rings (SSSR count). The van der Waals surface area contributed by atoms with Crippen LogP contribution >= 0.6 is 0 Å². The van der Waals surface area contributed by atoms with Crippen LogP contribution in [0.1, 0.15) is 31.9 Å². The lowest BCUT2D eigenvalue weighted by Crippen LogP contribution is -2.29. The van der Waals surface area contributed by atoms with E-state index in [-0.39, 0.29) is 18.4 Å². The molecule has 1 atom stereocenters. The fourth-order valence-corrected chi connectivity index (χ4v) is 1.91. The van der Waals surface area contributed by atoms with Crippen molar-refractivity contribution in [3.05, 3.63) is 29.3 Å². The van der Waals surface area contributed by atoms with Gasteiger partial charge in [-0.2, -0.15) is 5.10 Å². The highest BCUT2D eigenvalue weighted by molar-refractivity contribution is 6.00. The summed E-state index contributed by atoms with van der Waals surface area (Å²) in [6, 6.07) is 5.97. The van der Waals surface area contributed by atoms with E-state index in [2.05, 4.69) is 15.8 Å². The predicted octanol–water partition coefficient (Wildman–Crippen LogP) is 2.41. The number of ether oxygens (including phenoxy) is 1. The van der Waals surface area contributed by atoms with Gasteiger partial charge in [0.1, 0.15) is 0 Å². The van der Waals surface area contributed by atoms with Crippen molar-refractivity contribution in [3.63, 3.8) is 0 Å². The van der Waals surface area contributed by atoms with Gasteiger partial charge in [-0.1, -0.05) is 17.7 Å². The van der Waals surface area contributed by atoms with Gasteiger partial charge in [0.05, 0.1) is 19.1 Å². The number of amides is 1. The maximum atomic E-state index is 11.8. The number of carbonyl (C=O) groups excluding carboxylic acids is 2. The van der Waals surface area contributed by atoms with E-state index in [1.54, 1.807) is 20.8 Å². The summed E-state index contributed by atoms with van der Waals surface area (Å²) in [5.41, 5.74) is 6.10. The molecular weight excluding hydrogens is 294 g/mol. The smallest absolute Gasteiger partial charge is 0.314 e. The van der Waals surface area contributed by atoms with E-state index in [0.29, 0.717) is 12.3 Å². The van der Waals surface area contributed by atoms with Crippen LogP contribution in [0.5, 0.6) is 0 Å². The Morgan fingerprint density at radius 1 is 1.30 bits per heavy atom. The lowest BCUT2D eigenvalue weighted by Gasteiger charge is -2.11. The molecular formula is C17H25N3O3. The van der Waals surface area contributed by atoms with Crippen molar-refractivity contribution >= 4 is 23.3 Å². The molecule has 0 fully saturated rings. The molecule has 23 heavy (non-hydrogen) atoms. The van der Waals surface area contributed by atoms with Crippen LogP contribution in [0.25, 0.3) is 0 Å². The number of esters is 1. The number of anilines is 1. The highest BCUT2D eigenvalue weighted by atomic mass is 16.5. The quantitative estimate of drug-likeness (QED) is 0.459. The molecule has 0 radical (unpaired) electrons. The topological polar surface area (TPSA) is 79.8 Å². The summed E-state index contributed by atoms with van der Waals surface area (Å²) in [6.45, 7) is 9.55. The Balaban J connectivity index is 2.50. The van der Waals surface area contributed by atoms with Gasteiger partial charge >= 0.3 is 5.97 Å². The Kier molecular flexibility index (Phi) is 7.25. The van der Waals surface area contributed by atoms with E-state index in [0.717, 1.165) is 11.3 Å². The summed E-state index contributed by atoms with van der Waals surface area (Å²) < 4.78 is 4.91. The second-order valence-electron chi connectivity index (χ2n) is 5.43. The maximum absolute atomic E-state index is 11.8. The van der Waals surface area contributed by atoms with Crippen molar-refractivity contribution in [2.75, 3.05) is 18.5 Å². The highest BCUT2D eigenvalue weighted by Gasteiger charge is 2.17. The van der Waals surface area contributed by atoms with Gasteiger partial charge in [-0.15, -0.1) is 0 Å². The van der Waals surface area contributed by atoms with Crippen LogP contribution in [0.2, 0.25) is 0 Å². The fraction of sp³-hybridized carbons (Fsp3) is 0.471. The Hall–Kier alpha value is -2.37. The van der Waals surface area contributed by atoms with Crippen LogP contribution in [0.15, 0.2) is 23.3 Å². The number of aryl methyl sites for hydroxylation is 2. The van der Waals surface area contributed by atoms with Crippen molar-refractivity contribution in [1.82, 2.24) is 5.43 Å². The first-order chi connectivity index (χ1) is 10.8. The zero-order valence-corrected chi connectivity index (χ0v) is 14.4. The summed E-state index contributed by atoms with van der Waals surface area (Å²) in [7, 11) is 0. The highest BCUT2D eigenvalue weighted by Crippen LogP contribution is 2.15. The van der Waals surface area contributed by atoms with Crippen molar-refractivity contribution in [3.8, 4) is 0 Å². The summed E-state index contributed by atoms with van der Waals surface area (Å²) in [4.78, 5) is 23.4. The summed E-state index contributed by atoms with van der Waals surface area (Å²) >= 11 is 0. The van der Waals surface area contributed by atoms with Gasteiger partial charge in [0.2, 0.25) is 0 Å². The maximum Gasteiger partial charge on any atom is 0.314 e. The largest absolute Gasteiger partial charge is 0.465 e. The number of hydrogen-bond acceptors (Lipinski definition) is 5. The zero-order chi connectivity index (χ0) is 17.4. The molecule has 1 aromatic rings. The van der Waals surface area contributed by atoms with E-state index in [9.17, 15) is 9.59 Å². The molecule has 0 aliphatic heterocycles. The minimum Gasteiger partial charge on any atom is -0.465 e. The molecule has 0 heterocycles. The molecule has 6 heteroatoms. The minimum atomic E-state index is -0.484. The van der Waals surface area contributed by atoms with Crippen LogP contribution in [0.3, 0.4) is 0 Å². The molecule has 1 aromatic carbocycles. The number of hydrogen-bond donors (Lipinski definition) is 2. The molecule has 0 aromatic heterocycles. The molecule has 1 unspecified atom stereocenters. The third-order valence-electron chi connectivity index (χ3n) is 3.45. The van der Waals surface area contributed by atoms with Gasteiger partial charge in [-0.3, -0.25) is 9.59 Å². The Morgan fingerprint density at radius 2 is 2.00 bits per heavy atom. The van der Waals surface area contributed by atoms with Crippen LogP contribution in [-0.4, -0.2) is 30.7 Å². The van der Waals surface area contributed by atoms with Crippen LogP contribution < -0.4 is 10.7 Å². The number of benzene rings is 1. The van der Waals surface area contributed by atoms with Crippen molar-refractivity contribution in [2.24, 2.45) is 11.0 Å². The van der Waals surface area contributed by atoms with Crippen molar-refractivity contribution < 1.29 is 14.3 Å². The molecule has 0 aliphatic carbocycles. The monoisotopic (exact) mass is 319 g/mol. The minimum absolute atomic E-state index is 0.106. The van der Waals surface area contributed by atoms with E-state index < -0.39 is 5.92 Å². The molecule has 0 saturated heterocycles. The van der Waals surface area contributed by atoms with Crippen LogP contribution in [0.4, 0.5) is 5.69 Å². The Labute approximate surface area is 137 Å². The van der Waals surface area contributed by atoms with Crippen molar-refractivity contribution in [2.45, 2.75) is 34.6 Å². The van der Waals surface area contributed by atoms with E-state index in [4.69, 9.17) is 4.74 Å². The molecule has 0 bridgehead atoms. The second-order valence-corrected chi connectivity index (χ2v) is 5.43. The first kappa shape index (κ1) is 18.7. The average Bonchev–Trinajstić information content (AvgIpc) is 2.51. The zero-order valence-electron chi connectivity index (χ0n) is 14.4. The summed E-state index contributed by atoms with van der Waals surface area (Å²) in [5, 5.41) is 7.02. The predicted molar refractivity (Wildman–Crippen MR) is 91.5 cm³/mol. The summed E-state index contributed by atoms with van der Waals surface area (Å²) in [6.07, 6.45) is 0. The second kappa shape index (κ2) is 8.92. The Bertz CT molecular complexity index is 597. The van der Waals surface area contributed by atoms with Gasteiger partial charge in [-0.05, 0) is 46.2 Å². The van der Waals surface area contributed by atoms with Gasteiger partial charge in [0.15, 0.2) is 0 Å². The van der Waals surface area contributed by atoms with E-state index >= 15 is 0 Å². The third-order valence-corrected chi connectivity index (χ3v) is 3.45. The SMILES string of the molecule is CCOC(=O)C(C)C(C)=NNC(=O)CNc1ccc(C)cc1C. The first-order valence-electron chi connectivity index (χ1n) is 7.66. The lowest BCUT2D eigenvalue weighted by atomic mass is 10.1. The van der Waals surface area contributed by atoms with E-state index in [1.165, 1.54) is 5.56 Å². The van der Waals surface area contributed by atoms with Gasteiger partial charge in [0.25, 0.3) is 5.91 Å². The number of nitrogens with zero attached hydrogens (tertiary/aromatic N) is 1. The number of carbonyl (C=O) groups is 2. The number of rotatable bonds is 7. The van der Waals surface area contributed by atoms with E-state index in [1.807, 2.05) is 32.0 Å². The summed E-state index contributed by atoms with van der Waals surface area (Å²) in [5.74, 6) is -1.11. The molecule has 1 amide bonds. The number of hydrazone groups is 1. The van der Waals surface area contributed by atoms with Gasteiger partial charge in [-0.25, -0.2) is 5.43 Å². The number of nitrogens with one attached hydrogen (secondary N) is 2. The Morgan fingerprint density at radius 3 is 2.61 bits per heavy atom. The molecule has 0 aliphatic rings.